The van der Waals surface area contributed by atoms with E-state index in [4.69, 9.17) is 0 Å². The van der Waals surface area contributed by atoms with Gasteiger partial charge in [-0.1, -0.05) is 17.7 Å². The van der Waals surface area contributed by atoms with Crippen molar-refractivity contribution in [1.82, 2.24) is 0 Å². The van der Waals surface area contributed by atoms with E-state index in [1.54, 1.807) is 6.07 Å². The number of ketones is 1. The summed E-state index contributed by atoms with van der Waals surface area (Å²) in [5.41, 5.74) is 5.49. The first-order chi connectivity index (χ1) is 8.90. The van der Waals surface area contributed by atoms with Crippen LogP contribution in [0.3, 0.4) is 0 Å². The molecule has 0 spiro atoms. The molecule has 0 bridgehead atoms. The highest BCUT2D eigenvalue weighted by molar-refractivity contribution is 6.01. The van der Waals surface area contributed by atoms with Crippen LogP contribution < -0.4 is 0 Å². The molecule has 0 N–H and O–H groups in total. The Balaban J connectivity index is 2.78. The van der Waals surface area contributed by atoms with E-state index in [1.165, 1.54) is 24.6 Å². The number of halogens is 1. The number of hydrogen-bond donors (Lipinski definition) is 0. The van der Waals surface area contributed by atoms with Crippen LogP contribution in [-0.4, -0.2) is 5.78 Å². The van der Waals surface area contributed by atoms with Gasteiger partial charge >= 0.3 is 0 Å². The minimum atomic E-state index is -0.320. The van der Waals surface area contributed by atoms with Gasteiger partial charge in [0.2, 0.25) is 0 Å². The molecule has 19 heavy (non-hydrogen) atoms. The highest BCUT2D eigenvalue weighted by Gasteiger charge is 2.14. The SMILES string of the molecule is CC(=O)c1ccc(F)cc1-c1c(C)cc(C)cc1C. The summed E-state index contributed by atoms with van der Waals surface area (Å²) in [4.78, 5) is 11.7. The van der Waals surface area contributed by atoms with Gasteiger partial charge in [-0.2, -0.15) is 0 Å². The van der Waals surface area contributed by atoms with Crippen LogP contribution in [0.15, 0.2) is 30.3 Å². The van der Waals surface area contributed by atoms with Gasteiger partial charge in [0.05, 0.1) is 0 Å². The molecule has 2 aromatic rings. The Labute approximate surface area is 113 Å². The predicted molar refractivity (Wildman–Crippen MR) is 76.1 cm³/mol. The minimum Gasteiger partial charge on any atom is -0.294 e. The topological polar surface area (TPSA) is 17.1 Å². The Bertz CT molecular complexity index is 633. The van der Waals surface area contributed by atoms with E-state index in [2.05, 4.69) is 12.1 Å². The first-order valence-electron chi connectivity index (χ1n) is 6.29. The molecule has 1 nitrogen and oxygen atoms in total. The third-order valence-electron chi connectivity index (χ3n) is 3.31. The number of rotatable bonds is 2. The highest BCUT2D eigenvalue weighted by Crippen LogP contribution is 2.32. The zero-order chi connectivity index (χ0) is 14.2. The monoisotopic (exact) mass is 256 g/mol. The summed E-state index contributed by atoms with van der Waals surface area (Å²) in [6.07, 6.45) is 0. The normalized spacial score (nSPS) is 10.6. The van der Waals surface area contributed by atoms with E-state index in [9.17, 15) is 9.18 Å². The van der Waals surface area contributed by atoms with Crippen molar-refractivity contribution in [2.24, 2.45) is 0 Å². The van der Waals surface area contributed by atoms with Crippen molar-refractivity contribution >= 4 is 5.78 Å². The first-order valence-corrected chi connectivity index (χ1v) is 6.29. The predicted octanol–water partition coefficient (Wildman–Crippen LogP) is 4.62. The molecule has 0 saturated carbocycles. The molecule has 0 aliphatic carbocycles. The van der Waals surface area contributed by atoms with Gasteiger partial charge in [0, 0.05) is 5.56 Å². The summed E-state index contributed by atoms with van der Waals surface area (Å²) in [5.74, 6) is -0.367. The van der Waals surface area contributed by atoms with Gasteiger partial charge in [0.1, 0.15) is 5.82 Å². The number of carbonyl (C=O) groups is 1. The second kappa shape index (κ2) is 4.96. The Morgan fingerprint density at radius 1 is 1.00 bits per heavy atom. The van der Waals surface area contributed by atoms with Gasteiger partial charge in [-0.3, -0.25) is 4.79 Å². The smallest absolute Gasteiger partial charge is 0.160 e. The molecule has 2 aromatic carbocycles. The van der Waals surface area contributed by atoms with Crippen molar-refractivity contribution in [3.63, 3.8) is 0 Å². The maximum atomic E-state index is 13.5. The van der Waals surface area contributed by atoms with E-state index < -0.39 is 0 Å². The molecular formula is C17H17FO. The Kier molecular flexibility index (Phi) is 3.52. The lowest BCUT2D eigenvalue weighted by atomic mass is 9.90. The summed E-state index contributed by atoms with van der Waals surface area (Å²) < 4.78 is 13.5. The molecule has 0 unspecified atom stereocenters. The van der Waals surface area contributed by atoms with Gasteiger partial charge in [-0.05, 0) is 68.1 Å². The second-order valence-electron chi connectivity index (χ2n) is 5.02. The molecule has 0 aliphatic heterocycles. The first kappa shape index (κ1) is 13.5. The largest absolute Gasteiger partial charge is 0.294 e. The quantitative estimate of drug-likeness (QED) is 0.716. The molecule has 0 fully saturated rings. The molecule has 0 saturated heterocycles. The Hall–Kier alpha value is -1.96. The molecule has 0 heterocycles. The van der Waals surface area contributed by atoms with Crippen LogP contribution in [0.5, 0.6) is 0 Å². The second-order valence-corrected chi connectivity index (χ2v) is 5.02. The maximum absolute atomic E-state index is 13.5. The molecule has 0 aliphatic rings. The molecule has 2 rings (SSSR count). The minimum absolute atomic E-state index is 0.0469. The van der Waals surface area contributed by atoms with E-state index >= 15 is 0 Å². The maximum Gasteiger partial charge on any atom is 0.160 e. The van der Waals surface area contributed by atoms with Gasteiger partial charge < -0.3 is 0 Å². The Morgan fingerprint density at radius 3 is 2.11 bits per heavy atom. The number of aryl methyl sites for hydroxylation is 3. The molecule has 98 valence electrons. The molecule has 0 atom stereocenters. The molecule has 0 radical (unpaired) electrons. The van der Waals surface area contributed by atoms with Crippen molar-refractivity contribution in [3.05, 3.63) is 58.4 Å². The summed E-state index contributed by atoms with van der Waals surface area (Å²) in [5, 5.41) is 0. The van der Waals surface area contributed by atoms with E-state index in [-0.39, 0.29) is 11.6 Å². The average Bonchev–Trinajstić information content (AvgIpc) is 2.27. The summed E-state index contributed by atoms with van der Waals surface area (Å²) in [6, 6.07) is 8.44. The van der Waals surface area contributed by atoms with Crippen LogP contribution in [0, 0.1) is 26.6 Å². The van der Waals surface area contributed by atoms with Crippen molar-refractivity contribution < 1.29 is 9.18 Å². The van der Waals surface area contributed by atoms with Crippen molar-refractivity contribution in [3.8, 4) is 11.1 Å². The molecule has 0 aromatic heterocycles. The molecule has 0 amide bonds. The summed E-state index contributed by atoms with van der Waals surface area (Å²) in [7, 11) is 0. The van der Waals surface area contributed by atoms with Gasteiger partial charge in [-0.25, -0.2) is 4.39 Å². The fourth-order valence-corrected chi connectivity index (χ4v) is 2.64. The zero-order valence-electron chi connectivity index (χ0n) is 11.7. The number of hydrogen-bond acceptors (Lipinski definition) is 1. The summed E-state index contributed by atoms with van der Waals surface area (Å²) >= 11 is 0. The van der Waals surface area contributed by atoms with Crippen LogP contribution in [-0.2, 0) is 0 Å². The molecule has 2 heteroatoms. The lowest BCUT2D eigenvalue weighted by Crippen LogP contribution is -2.00. The van der Waals surface area contributed by atoms with Crippen LogP contribution in [0.4, 0.5) is 4.39 Å². The number of benzene rings is 2. The van der Waals surface area contributed by atoms with E-state index in [1.807, 2.05) is 20.8 Å². The van der Waals surface area contributed by atoms with Crippen LogP contribution in [0.1, 0.15) is 34.0 Å². The van der Waals surface area contributed by atoms with Crippen molar-refractivity contribution in [1.29, 1.82) is 0 Å². The fraction of sp³-hybridized carbons (Fsp3) is 0.235. The zero-order valence-corrected chi connectivity index (χ0v) is 11.7. The standard InChI is InChI=1S/C17H17FO/c1-10-7-11(2)17(12(3)8-10)16-9-14(18)5-6-15(16)13(4)19/h5-9H,1-4H3. The van der Waals surface area contributed by atoms with E-state index in [0.29, 0.717) is 11.1 Å². The van der Waals surface area contributed by atoms with Crippen LogP contribution in [0.2, 0.25) is 0 Å². The highest BCUT2D eigenvalue weighted by atomic mass is 19.1. The third kappa shape index (κ3) is 2.58. The lowest BCUT2D eigenvalue weighted by Gasteiger charge is -2.14. The van der Waals surface area contributed by atoms with Crippen LogP contribution in [0.25, 0.3) is 11.1 Å². The Morgan fingerprint density at radius 2 is 1.58 bits per heavy atom. The van der Waals surface area contributed by atoms with Crippen LogP contribution >= 0.6 is 0 Å². The lowest BCUT2D eigenvalue weighted by molar-refractivity contribution is 0.101. The molecular weight excluding hydrogens is 239 g/mol. The average molecular weight is 256 g/mol. The third-order valence-corrected chi connectivity index (χ3v) is 3.31. The van der Waals surface area contributed by atoms with Gasteiger partial charge in [0.25, 0.3) is 0 Å². The van der Waals surface area contributed by atoms with Gasteiger partial charge in [0.15, 0.2) is 5.78 Å². The van der Waals surface area contributed by atoms with Gasteiger partial charge in [-0.15, -0.1) is 0 Å². The summed E-state index contributed by atoms with van der Waals surface area (Å²) in [6.45, 7) is 7.52. The van der Waals surface area contributed by atoms with E-state index in [0.717, 1.165) is 16.7 Å². The fourth-order valence-electron chi connectivity index (χ4n) is 2.64. The number of Topliss-reactive ketones (excluding diaryl/α,β-unsaturated/α-hetero) is 1. The van der Waals surface area contributed by atoms with Crippen molar-refractivity contribution in [2.75, 3.05) is 0 Å². The number of carbonyl (C=O) groups excluding carboxylic acids is 1. The van der Waals surface area contributed by atoms with Crippen molar-refractivity contribution in [2.45, 2.75) is 27.7 Å².